The Morgan fingerprint density at radius 1 is 1.39 bits per heavy atom. The molecule has 1 aromatic heterocycles. The van der Waals surface area contributed by atoms with E-state index in [0.29, 0.717) is 6.42 Å². The van der Waals surface area contributed by atoms with Crippen molar-refractivity contribution in [2.75, 3.05) is 0 Å². The molecule has 0 aliphatic carbocycles. The Morgan fingerprint density at radius 2 is 2.22 bits per heavy atom. The summed E-state index contributed by atoms with van der Waals surface area (Å²) in [6.07, 6.45) is 3.34. The average molecular weight is 245 g/mol. The molecule has 18 heavy (non-hydrogen) atoms. The first kappa shape index (κ1) is 12.8. The molecule has 0 aliphatic heterocycles. The maximum absolute atomic E-state index is 9.99. The Balaban J connectivity index is 1.85. The largest absolute Gasteiger partial charge is 0.393 e. The van der Waals surface area contributed by atoms with Gasteiger partial charge in [-0.2, -0.15) is 5.10 Å². The molecular formula is C14H19N3O. The zero-order valence-electron chi connectivity index (χ0n) is 10.9. The van der Waals surface area contributed by atoms with E-state index in [1.54, 1.807) is 4.68 Å². The average Bonchev–Trinajstić information content (AvgIpc) is 2.73. The number of benzene rings is 1. The van der Waals surface area contributed by atoms with Crippen LogP contribution in [0.1, 0.15) is 23.4 Å². The minimum Gasteiger partial charge on any atom is -0.393 e. The van der Waals surface area contributed by atoms with Gasteiger partial charge in [0.2, 0.25) is 0 Å². The third-order valence-electron chi connectivity index (χ3n) is 3.07. The second-order valence-corrected chi connectivity index (χ2v) is 4.69. The molecule has 1 atom stereocenters. The third kappa shape index (κ3) is 3.40. The van der Waals surface area contributed by atoms with E-state index in [1.807, 2.05) is 7.05 Å². The van der Waals surface area contributed by atoms with Crippen LogP contribution in [-0.4, -0.2) is 26.0 Å². The number of aliphatic hydroxyl groups is 1. The lowest BCUT2D eigenvalue weighted by atomic mass is 10.0. The lowest BCUT2D eigenvalue weighted by Crippen LogP contribution is -2.15. The zero-order chi connectivity index (χ0) is 13.0. The molecule has 4 heteroatoms. The Kier molecular flexibility index (Phi) is 4.10. The van der Waals surface area contributed by atoms with Gasteiger partial charge in [0, 0.05) is 13.5 Å². The van der Waals surface area contributed by atoms with Crippen molar-refractivity contribution in [2.24, 2.45) is 7.05 Å². The summed E-state index contributed by atoms with van der Waals surface area (Å²) in [6.45, 7) is 2.08. The van der Waals surface area contributed by atoms with Crippen LogP contribution in [0.3, 0.4) is 0 Å². The second-order valence-electron chi connectivity index (χ2n) is 4.69. The van der Waals surface area contributed by atoms with E-state index in [0.717, 1.165) is 18.7 Å². The van der Waals surface area contributed by atoms with Crippen molar-refractivity contribution in [2.45, 2.75) is 32.3 Å². The van der Waals surface area contributed by atoms with Crippen molar-refractivity contribution in [3.63, 3.8) is 0 Å². The number of nitrogens with zero attached hydrogens (tertiary/aromatic N) is 3. The molecule has 2 rings (SSSR count). The van der Waals surface area contributed by atoms with Crippen LogP contribution in [-0.2, 0) is 19.9 Å². The molecular weight excluding hydrogens is 226 g/mol. The van der Waals surface area contributed by atoms with Crippen molar-refractivity contribution in [1.82, 2.24) is 14.8 Å². The number of hydrogen-bond donors (Lipinski definition) is 1. The van der Waals surface area contributed by atoms with Gasteiger partial charge in [0.05, 0.1) is 6.10 Å². The lowest BCUT2D eigenvalue weighted by molar-refractivity contribution is 0.161. The monoisotopic (exact) mass is 245 g/mol. The van der Waals surface area contributed by atoms with E-state index < -0.39 is 0 Å². The van der Waals surface area contributed by atoms with Gasteiger partial charge in [-0.25, -0.2) is 4.98 Å². The van der Waals surface area contributed by atoms with Crippen LogP contribution in [0.2, 0.25) is 0 Å². The maximum atomic E-state index is 9.99. The van der Waals surface area contributed by atoms with Gasteiger partial charge in [0.1, 0.15) is 12.2 Å². The fraction of sp³-hybridized carbons (Fsp3) is 0.429. The topological polar surface area (TPSA) is 50.9 Å². The van der Waals surface area contributed by atoms with Crippen LogP contribution in [0.25, 0.3) is 0 Å². The molecule has 4 nitrogen and oxygen atoms in total. The second kappa shape index (κ2) is 5.78. The van der Waals surface area contributed by atoms with Crippen molar-refractivity contribution in [1.29, 1.82) is 0 Å². The predicted molar refractivity (Wildman–Crippen MR) is 70.2 cm³/mol. The van der Waals surface area contributed by atoms with Crippen LogP contribution in [0.15, 0.2) is 30.6 Å². The van der Waals surface area contributed by atoms with E-state index in [1.165, 1.54) is 17.5 Å². The first-order chi connectivity index (χ1) is 8.65. The number of hydrogen-bond acceptors (Lipinski definition) is 3. The smallest absolute Gasteiger partial charge is 0.138 e. The van der Waals surface area contributed by atoms with Crippen LogP contribution < -0.4 is 0 Å². The van der Waals surface area contributed by atoms with Crippen LogP contribution in [0.5, 0.6) is 0 Å². The first-order valence-electron chi connectivity index (χ1n) is 6.21. The van der Waals surface area contributed by atoms with E-state index in [2.05, 4.69) is 41.3 Å². The molecule has 0 radical (unpaired) electrons. The predicted octanol–water partition coefficient (Wildman–Crippen LogP) is 1.66. The number of aromatic nitrogens is 3. The molecule has 0 bridgehead atoms. The summed E-state index contributed by atoms with van der Waals surface area (Å²) in [5.41, 5.74) is 2.53. The Labute approximate surface area is 107 Å². The maximum Gasteiger partial charge on any atom is 0.138 e. The highest BCUT2D eigenvalue weighted by molar-refractivity contribution is 5.22. The summed E-state index contributed by atoms with van der Waals surface area (Å²) in [6, 6.07) is 8.40. The van der Waals surface area contributed by atoms with Gasteiger partial charge >= 0.3 is 0 Å². The summed E-state index contributed by atoms with van der Waals surface area (Å²) in [4.78, 5) is 4.12. The quantitative estimate of drug-likeness (QED) is 0.871. The molecule has 0 saturated heterocycles. The SMILES string of the molecule is Cc1cccc(CCC(O)Cc2ncnn2C)c1. The van der Waals surface area contributed by atoms with Crippen LogP contribution in [0.4, 0.5) is 0 Å². The van der Waals surface area contributed by atoms with Gasteiger partial charge < -0.3 is 5.11 Å². The standard InChI is InChI=1S/C14H19N3O/c1-11-4-3-5-12(8-11)6-7-13(18)9-14-15-10-16-17(14)2/h3-5,8,10,13,18H,6-7,9H2,1-2H3. The van der Waals surface area contributed by atoms with Gasteiger partial charge in [0.15, 0.2) is 0 Å². The van der Waals surface area contributed by atoms with Crippen molar-refractivity contribution < 1.29 is 5.11 Å². The molecule has 0 saturated carbocycles. The molecule has 0 spiro atoms. The van der Waals surface area contributed by atoms with Crippen molar-refractivity contribution >= 4 is 0 Å². The van der Waals surface area contributed by atoms with Crippen molar-refractivity contribution in [3.8, 4) is 0 Å². The zero-order valence-corrected chi connectivity index (χ0v) is 10.9. The van der Waals surface area contributed by atoms with E-state index in [9.17, 15) is 5.11 Å². The Morgan fingerprint density at radius 3 is 2.89 bits per heavy atom. The van der Waals surface area contributed by atoms with Crippen LogP contribution >= 0.6 is 0 Å². The molecule has 0 aliphatic rings. The van der Waals surface area contributed by atoms with Gasteiger partial charge in [-0.3, -0.25) is 4.68 Å². The van der Waals surface area contributed by atoms with Crippen LogP contribution in [0, 0.1) is 6.92 Å². The number of aliphatic hydroxyl groups excluding tert-OH is 1. The Hall–Kier alpha value is -1.68. The summed E-state index contributed by atoms with van der Waals surface area (Å²) >= 11 is 0. The molecule has 1 aromatic carbocycles. The highest BCUT2D eigenvalue weighted by Crippen LogP contribution is 2.10. The molecule has 2 aromatic rings. The van der Waals surface area contributed by atoms with Gasteiger partial charge in [-0.1, -0.05) is 29.8 Å². The first-order valence-corrected chi connectivity index (χ1v) is 6.21. The molecule has 1 N–H and O–H groups in total. The summed E-state index contributed by atoms with van der Waals surface area (Å²) in [5, 5.41) is 14.0. The lowest BCUT2D eigenvalue weighted by Gasteiger charge is -2.10. The Bertz CT molecular complexity index is 507. The van der Waals surface area contributed by atoms with E-state index >= 15 is 0 Å². The normalized spacial score (nSPS) is 12.6. The van der Waals surface area contributed by atoms with E-state index in [-0.39, 0.29) is 6.10 Å². The highest BCUT2D eigenvalue weighted by atomic mass is 16.3. The molecule has 1 heterocycles. The fourth-order valence-electron chi connectivity index (χ4n) is 2.02. The van der Waals surface area contributed by atoms with E-state index in [4.69, 9.17) is 0 Å². The van der Waals surface area contributed by atoms with Gasteiger partial charge in [0.25, 0.3) is 0 Å². The minimum atomic E-state index is -0.367. The minimum absolute atomic E-state index is 0.367. The summed E-state index contributed by atoms with van der Waals surface area (Å²) in [5.74, 6) is 0.826. The summed E-state index contributed by atoms with van der Waals surface area (Å²) < 4.78 is 1.70. The van der Waals surface area contributed by atoms with Gasteiger partial charge in [-0.05, 0) is 25.3 Å². The molecule has 1 unspecified atom stereocenters. The molecule has 96 valence electrons. The third-order valence-corrected chi connectivity index (χ3v) is 3.07. The summed E-state index contributed by atoms with van der Waals surface area (Å²) in [7, 11) is 1.84. The molecule has 0 amide bonds. The highest BCUT2D eigenvalue weighted by Gasteiger charge is 2.09. The number of aryl methyl sites for hydroxylation is 3. The number of rotatable bonds is 5. The molecule has 0 fully saturated rings. The van der Waals surface area contributed by atoms with Crippen molar-refractivity contribution in [3.05, 3.63) is 47.5 Å². The van der Waals surface area contributed by atoms with Gasteiger partial charge in [-0.15, -0.1) is 0 Å². The fourth-order valence-corrected chi connectivity index (χ4v) is 2.02.